The zero-order valence-electron chi connectivity index (χ0n) is 13.1. The van der Waals surface area contributed by atoms with Gasteiger partial charge in [0.05, 0.1) is 12.2 Å². The van der Waals surface area contributed by atoms with Crippen LogP contribution >= 0.6 is 11.8 Å². The summed E-state index contributed by atoms with van der Waals surface area (Å²) < 4.78 is 2.04. The van der Waals surface area contributed by atoms with Crippen LogP contribution in [0.4, 0.5) is 4.79 Å². The number of imidazole rings is 1. The van der Waals surface area contributed by atoms with Crippen LogP contribution in [0.15, 0.2) is 35.7 Å². The lowest BCUT2D eigenvalue weighted by molar-refractivity contribution is -0.124. The van der Waals surface area contributed by atoms with Crippen LogP contribution in [0.1, 0.15) is 11.1 Å². The Morgan fingerprint density at radius 3 is 2.87 bits per heavy atom. The van der Waals surface area contributed by atoms with Crippen LogP contribution in [0.25, 0.3) is 5.69 Å². The van der Waals surface area contributed by atoms with E-state index in [1.807, 2.05) is 10.8 Å². The second kappa shape index (κ2) is 6.45. The molecule has 0 atom stereocenters. The SMILES string of the molecule is Cc1ccc(C)c(-n2ccnc2SCCN2C(=O)CNC2=O)c1. The molecule has 1 fully saturated rings. The monoisotopic (exact) mass is 330 g/mol. The van der Waals surface area contributed by atoms with Crippen molar-refractivity contribution in [2.45, 2.75) is 19.0 Å². The van der Waals surface area contributed by atoms with Crippen molar-refractivity contribution in [3.05, 3.63) is 41.7 Å². The quantitative estimate of drug-likeness (QED) is 0.674. The molecule has 0 aliphatic carbocycles. The van der Waals surface area contributed by atoms with Gasteiger partial charge in [-0.1, -0.05) is 23.9 Å². The molecule has 6 nitrogen and oxygen atoms in total. The highest BCUT2D eigenvalue weighted by Gasteiger charge is 2.27. The lowest BCUT2D eigenvalue weighted by Gasteiger charge is -2.13. The first-order chi connectivity index (χ1) is 11.1. The van der Waals surface area contributed by atoms with Crippen LogP contribution in [-0.2, 0) is 4.79 Å². The fraction of sp³-hybridized carbons (Fsp3) is 0.312. The molecule has 1 aliphatic heterocycles. The minimum Gasteiger partial charge on any atom is -0.329 e. The number of amides is 3. The van der Waals surface area contributed by atoms with Crippen LogP contribution < -0.4 is 5.32 Å². The standard InChI is InChI=1S/C16H18N4O2S/c1-11-3-4-12(2)13(9-11)19-6-5-17-16(19)23-8-7-20-14(21)10-18-15(20)22/h3-6,9H,7-8,10H2,1-2H3,(H,18,22). The third-order valence-corrected chi connectivity index (χ3v) is 4.66. The summed E-state index contributed by atoms with van der Waals surface area (Å²) in [5.41, 5.74) is 3.46. The van der Waals surface area contributed by atoms with Crippen molar-refractivity contribution in [3.8, 4) is 5.69 Å². The maximum absolute atomic E-state index is 11.6. The zero-order chi connectivity index (χ0) is 16.4. The third kappa shape index (κ3) is 3.24. The van der Waals surface area contributed by atoms with E-state index in [0.717, 1.165) is 10.8 Å². The van der Waals surface area contributed by atoms with E-state index in [2.05, 4.69) is 42.3 Å². The Kier molecular flexibility index (Phi) is 4.38. The average molecular weight is 330 g/mol. The Labute approximate surface area is 138 Å². The lowest BCUT2D eigenvalue weighted by atomic mass is 10.1. The molecule has 3 amide bonds. The Hall–Kier alpha value is -2.28. The summed E-state index contributed by atoms with van der Waals surface area (Å²) in [5, 5.41) is 3.37. The number of imide groups is 1. The predicted octanol–water partition coefficient (Wildman–Crippen LogP) is 2.13. The second-order valence-corrected chi connectivity index (χ2v) is 6.48. The molecule has 1 N–H and O–H groups in total. The molecular weight excluding hydrogens is 312 g/mol. The first-order valence-corrected chi connectivity index (χ1v) is 8.37. The Bertz CT molecular complexity index is 740. The molecule has 0 bridgehead atoms. The molecule has 7 heteroatoms. The Morgan fingerprint density at radius 2 is 2.13 bits per heavy atom. The van der Waals surface area contributed by atoms with Crippen LogP contribution in [0.2, 0.25) is 0 Å². The summed E-state index contributed by atoms with van der Waals surface area (Å²) in [4.78, 5) is 28.7. The molecule has 2 aromatic rings. The maximum atomic E-state index is 11.6. The van der Waals surface area contributed by atoms with Crippen molar-refractivity contribution in [3.63, 3.8) is 0 Å². The van der Waals surface area contributed by atoms with Crippen LogP contribution in [0.5, 0.6) is 0 Å². The molecule has 1 aromatic heterocycles. The minimum atomic E-state index is -0.312. The number of carbonyl (C=O) groups excluding carboxylic acids is 2. The number of benzene rings is 1. The van der Waals surface area contributed by atoms with Gasteiger partial charge in [0.15, 0.2) is 5.16 Å². The highest BCUT2D eigenvalue weighted by Crippen LogP contribution is 2.23. The normalized spacial score (nSPS) is 14.4. The van der Waals surface area contributed by atoms with Gasteiger partial charge in [0.1, 0.15) is 0 Å². The molecule has 120 valence electrons. The third-order valence-electron chi connectivity index (χ3n) is 3.71. The van der Waals surface area contributed by atoms with Gasteiger partial charge in [-0.2, -0.15) is 0 Å². The summed E-state index contributed by atoms with van der Waals surface area (Å²) in [7, 11) is 0. The molecule has 0 saturated carbocycles. The summed E-state index contributed by atoms with van der Waals surface area (Å²) in [6.07, 6.45) is 3.69. The molecule has 2 heterocycles. The lowest BCUT2D eigenvalue weighted by Crippen LogP contribution is -2.32. The second-order valence-electron chi connectivity index (χ2n) is 5.42. The first kappa shape index (κ1) is 15.6. The van der Waals surface area contributed by atoms with Gasteiger partial charge >= 0.3 is 6.03 Å². The molecule has 1 aromatic carbocycles. The number of hydrogen-bond donors (Lipinski definition) is 1. The smallest absolute Gasteiger partial charge is 0.324 e. The van der Waals surface area contributed by atoms with E-state index in [1.165, 1.54) is 27.8 Å². The maximum Gasteiger partial charge on any atom is 0.324 e. The average Bonchev–Trinajstić information content (AvgIpc) is 3.11. The summed E-state index contributed by atoms with van der Waals surface area (Å²) in [6.45, 7) is 4.61. The van der Waals surface area contributed by atoms with E-state index in [1.54, 1.807) is 6.20 Å². The van der Waals surface area contributed by atoms with Crippen LogP contribution in [-0.4, -0.2) is 45.2 Å². The van der Waals surface area contributed by atoms with Crippen molar-refractivity contribution in [2.75, 3.05) is 18.8 Å². The predicted molar refractivity (Wildman–Crippen MR) is 88.9 cm³/mol. The minimum absolute atomic E-state index is 0.0978. The number of nitrogens with one attached hydrogen (secondary N) is 1. The van der Waals surface area contributed by atoms with Crippen molar-refractivity contribution in [2.24, 2.45) is 0 Å². The molecule has 0 radical (unpaired) electrons. The summed E-state index contributed by atoms with van der Waals surface area (Å²) in [6, 6.07) is 5.99. The molecule has 1 aliphatic rings. The Balaban J connectivity index is 1.71. The number of rotatable bonds is 5. The number of aromatic nitrogens is 2. The van der Waals surface area contributed by atoms with E-state index in [4.69, 9.17) is 0 Å². The molecule has 0 spiro atoms. The first-order valence-electron chi connectivity index (χ1n) is 7.38. The molecule has 1 saturated heterocycles. The molecule has 3 rings (SSSR count). The van der Waals surface area contributed by atoms with Crippen molar-refractivity contribution >= 4 is 23.7 Å². The van der Waals surface area contributed by atoms with Crippen LogP contribution in [0.3, 0.4) is 0 Å². The van der Waals surface area contributed by atoms with Gasteiger partial charge in [-0.3, -0.25) is 14.3 Å². The van der Waals surface area contributed by atoms with Gasteiger partial charge < -0.3 is 5.32 Å². The van der Waals surface area contributed by atoms with Crippen molar-refractivity contribution in [1.29, 1.82) is 0 Å². The molecule has 23 heavy (non-hydrogen) atoms. The number of aryl methyl sites for hydroxylation is 2. The van der Waals surface area contributed by atoms with E-state index >= 15 is 0 Å². The van der Waals surface area contributed by atoms with Gasteiger partial charge in [0.25, 0.3) is 0 Å². The zero-order valence-corrected chi connectivity index (χ0v) is 13.9. The highest BCUT2D eigenvalue weighted by molar-refractivity contribution is 7.99. The van der Waals surface area contributed by atoms with E-state index in [-0.39, 0.29) is 18.5 Å². The van der Waals surface area contributed by atoms with E-state index in [0.29, 0.717) is 12.3 Å². The number of nitrogens with zero attached hydrogens (tertiary/aromatic N) is 3. The fourth-order valence-corrected chi connectivity index (χ4v) is 3.36. The van der Waals surface area contributed by atoms with Crippen molar-refractivity contribution < 1.29 is 9.59 Å². The van der Waals surface area contributed by atoms with Gasteiger partial charge in [-0.25, -0.2) is 9.78 Å². The molecular formula is C16H18N4O2S. The summed E-state index contributed by atoms with van der Waals surface area (Å²) in [5.74, 6) is 0.439. The van der Waals surface area contributed by atoms with Crippen molar-refractivity contribution in [1.82, 2.24) is 19.8 Å². The fourth-order valence-electron chi connectivity index (χ4n) is 2.47. The van der Waals surface area contributed by atoms with Gasteiger partial charge in [0.2, 0.25) is 5.91 Å². The highest BCUT2D eigenvalue weighted by atomic mass is 32.2. The van der Waals surface area contributed by atoms with Gasteiger partial charge in [-0.15, -0.1) is 0 Å². The summed E-state index contributed by atoms with van der Waals surface area (Å²) >= 11 is 1.53. The number of carbonyl (C=O) groups is 2. The van der Waals surface area contributed by atoms with E-state index in [9.17, 15) is 9.59 Å². The number of urea groups is 1. The van der Waals surface area contributed by atoms with Gasteiger partial charge in [0, 0.05) is 24.7 Å². The number of hydrogen-bond acceptors (Lipinski definition) is 4. The largest absolute Gasteiger partial charge is 0.329 e. The number of thioether (sulfide) groups is 1. The topological polar surface area (TPSA) is 67.2 Å². The Morgan fingerprint density at radius 1 is 1.30 bits per heavy atom. The molecule has 0 unspecified atom stereocenters. The van der Waals surface area contributed by atoms with Gasteiger partial charge in [-0.05, 0) is 31.0 Å². The van der Waals surface area contributed by atoms with E-state index < -0.39 is 0 Å². The van der Waals surface area contributed by atoms with Crippen LogP contribution in [0, 0.1) is 13.8 Å².